The Morgan fingerprint density at radius 2 is 1.89 bits per heavy atom. The van der Waals surface area contributed by atoms with Gasteiger partial charge in [-0.05, 0) is 29.5 Å². The molecule has 1 N–H and O–H groups in total. The lowest BCUT2D eigenvalue weighted by Crippen LogP contribution is -2.52. The predicted octanol–water partition coefficient (Wildman–Crippen LogP) is 3.28. The first kappa shape index (κ1) is 13.4. The topological polar surface area (TPSA) is 15.3 Å². The smallest absolute Gasteiger partial charge is 0.0412 e. The van der Waals surface area contributed by atoms with E-state index in [2.05, 4.69) is 62.2 Å². The summed E-state index contributed by atoms with van der Waals surface area (Å²) < 4.78 is 0. The third-order valence-electron chi connectivity index (χ3n) is 4.00. The Kier molecular flexibility index (Phi) is 3.96. The minimum Gasteiger partial charge on any atom is -0.371 e. The molecule has 2 heteroatoms. The Morgan fingerprint density at radius 3 is 2.50 bits per heavy atom. The highest BCUT2D eigenvalue weighted by Crippen LogP contribution is 2.37. The van der Waals surface area contributed by atoms with Gasteiger partial charge < -0.3 is 10.2 Å². The Hall–Kier alpha value is -1.02. The van der Waals surface area contributed by atoms with Crippen molar-refractivity contribution in [3.63, 3.8) is 0 Å². The molecule has 100 valence electrons. The van der Waals surface area contributed by atoms with E-state index in [0.29, 0.717) is 5.41 Å². The lowest BCUT2D eigenvalue weighted by atomic mass is 9.75. The van der Waals surface area contributed by atoms with Crippen LogP contribution in [0.4, 0.5) is 5.69 Å². The lowest BCUT2D eigenvalue weighted by Gasteiger charge is -2.48. The maximum atomic E-state index is 3.42. The maximum absolute atomic E-state index is 3.42. The monoisotopic (exact) mass is 246 g/mol. The number of nitrogens with zero attached hydrogens (tertiary/aromatic N) is 1. The van der Waals surface area contributed by atoms with Crippen molar-refractivity contribution in [3.05, 3.63) is 29.8 Å². The van der Waals surface area contributed by atoms with Gasteiger partial charge in [-0.3, -0.25) is 0 Å². The van der Waals surface area contributed by atoms with Crippen molar-refractivity contribution in [1.29, 1.82) is 0 Å². The van der Waals surface area contributed by atoms with Gasteiger partial charge in [-0.2, -0.15) is 0 Å². The van der Waals surface area contributed by atoms with E-state index < -0.39 is 0 Å². The highest BCUT2D eigenvalue weighted by atomic mass is 15.2. The van der Waals surface area contributed by atoms with Gasteiger partial charge in [0, 0.05) is 25.3 Å². The Bertz CT molecular complexity index is 386. The number of nitrogens with one attached hydrogen (secondary N) is 1. The summed E-state index contributed by atoms with van der Waals surface area (Å²) in [6.45, 7) is 13.6. The highest BCUT2D eigenvalue weighted by Gasteiger charge is 2.36. The van der Waals surface area contributed by atoms with Crippen molar-refractivity contribution in [2.75, 3.05) is 24.5 Å². The fourth-order valence-corrected chi connectivity index (χ4v) is 2.45. The molecule has 2 nitrogen and oxygen atoms in total. The molecule has 1 aliphatic heterocycles. The third kappa shape index (κ3) is 2.86. The highest BCUT2D eigenvalue weighted by molar-refractivity contribution is 5.55. The largest absolute Gasteiger partial charge is 0.371 e. The molecule has 1 heterocycles. The molecular weight excluding hydrogens is 220 g/mol. The third-order valence-corrected chi connectivity index (χ3v) is 4.00. The average Bonchev–Trinajstić information content (AvgIpc) is 2.24. The standard InChI is InChI=1S/C16H26N2/c1-5-17-10-13-8-6-7-9-15(13)18-11-14(12-18)16(2,3)4/h6-9,14,17H,5,10-12H2,1-4H3. The predicted molar refractivity (Wildman–Crippen MR) is 79.0 cm³/mol. The summed E-state index contributed by atoms with van der Waals surface area (Å²) in [5.41, 5.74) is 3.28. The zero-order chi connectivity index (χ0) is 13.2. The summed E-state index contributed by atoms with van der Waals surface area (Å²) in [6.07, 6.45) is 0. The zero-order valence-electron chi connectivity index (χ0n) is 12.2. The van der Waals surface area contributed by atoms with Gasteiger partial charge in [0.05, 0.1) is 0 Å². The molecule has 0 bridgehead atoms. The number of benzene rings is 1. The van der Waals surface area contributed by atoms with Crippen LogP contribution >= 0.6 is 0 Å². The molecule has 0 amide bonds. The Morgan fingerprint density at radius 1 is 1.22 bits per heavy atom. The van der Waals surface area contributed by atoms with Crippen LogP contribution < -0.4 is 10.2 Å². The normalized spacial score (nSPS) is 16.8. The fourth-order valence-electron chi connectivity index (χ4n) is 2.45. The molecule has 1 aromatic carbocycles. The molecule has 0 atom stereocenters. The van der Waals surface area contributed by atoms with Gasteiger partial charge in [0.15, 0.2) is 0 Å². The first-order chi connectivity index (χ1) is 8.52. The van der Waals surface area contributed by atoms with Gasteiger partial charge in [0.1, 0.15) is 0 Å². The first-order valence-electron chi connectivity index (χ1n) is 7.06. The maximum Gasteiger partial charge on any atom is 0.0412 e. The van der Waals surface area contributed by atoms with Crippen molar-refractivity contribution >= 4 is 5.69 Å². The second-order valence-corrected chi connectivity index (χ2v) is 6.38. The molecule has 0 unspecified atom stereocenters. The zero-order valence-corrected chi connectivity index (χ0v) is 12.2. The number of hydrogen-bond donors (Lipinski definition) is 1. The van der Waals surface area contributed by atoms with Gasteiger partial charge in [0.2, 0.25) is 0 Å². The van der Waals surface area contributed by atoms with E-state index in [4.69, 9.17) is 0 Å². The minimum atomic E-state index is 0.438. The minimum absolute atomic E-state index is 0.438. The van der Waals surface area contributed by atoms with Crippen molar-refractivity contribution < 1.29 is 0 Å². The molecule has 0 aromatic heterocycles. The van der Waals surface area contributed by atoms with Crippen LogP contribution in [0.25, 0.3) is 0 Å². The summed E-state index contributed by atoms with van der Waals surface area (Å²) in [5.74, 6) is 0.824. The fraction of sp³-hybridized carbons (Fsp3) is 0.625. The van der Waals surface area contributed by atoms with Gasteiger partial charge in [-0.15, -0.1) is 0 Å². The lowest BCUT2D eigenvalue weighted by molar-refractivity contribution is 0.195. The Balaban J connectivity index is 2.02. The molecule has 1 fully saturated rings. The first-order valence-corrected chi connectivity index (χ1v) is 7.06. The van der Waals surface area contributed by atoms with Crippen molar-refractivity contribution in [3.8, 4) is 0 Å². The molecular formula is C16H26N2. The summed E-state index contributed by atoms with van der Waals surface area (Å²) in [4.78, 5) is 2.52. The molecule has 1 aromatic rings. The number of anilines is 1. The molecule has 0 spiro atoms. The molecule has 18 heavy (non-hydrogen) atoms. The van der Waals surface area contributed by atoms with Gasteiger partial charge in [-0.1, -0.05) is 45.9 Å². The van der Waals surface area contributed by atoms with Crippen LogP contribution in [0.3, 0.4) is 0 Å². The molecule has 0 saturated carbocycles. The number of rotatable bonds is 4. The van der Waals surface area contributed by atoms with Crippen LogP contribution in [0.1, 0.15) is 33.3 Å². The molecule has 1 aliphatic rings. The summed E-state index contributed by atoms with van der Waals surface area (Å²) in [6, 6.07) is 8.78. The number of para-hydroxylation sites is 1. The van der Waals surface area contributed by atoms with E-state index >= 15 is 0 Å². The second-order valence-electron chi connectivity index (χ2n) is 6.38. The second kappa shape index (κ2) is 5.31. The van der Waals surface area contributed by atoms with E-state index in [0.717, 1.165) is 19.0 Å². The van der Waals surface area contributed by atoms with E-state index in [1.54, 1.807) is 0 Å². The molecule has 0 radical (unpaired) electrons. The van der Waals surface area contributed by atoms with E-state index in [1.165, 1.54) is 24.3 Å². The SMILES string of the molecule is CCNCc1ccccc1N1CC(C(C)(C)C)C1. The van der Waals surface area contributed by atoms with E-state index in [-0.39, 0.29) is 0 Å². The number of hydrogen-bond acceptors (Lipinski definition) is 2. The average molecular weight is 246 g/mol. The van der Waals surface area contributed by atoms with Gasteiger partial charge in [-0.25, -0.2) is 0 Å². The summed E-state index contributed by atoms with van der Waals surface area (Å²) in [5, 5.41) is 3.42. The summed E-state index contributed by atoms with van der Waals surface area (Å²) in [7, 11) is 0. The van der Waals surface area contributed by atoms with Crippen LogP contribution in [-0.4, -0.2) is 19.6 Å². The van der Waals surface area contributed by atoms with E-state index in [9.17, 15) is 0 Å². The summed E-state index contributed by atoms with van der Waals surface area (Å²) >= 11 is 0. The van der Waals surface area contributed by atoms with Crippen molar-refractivity contribution in [1.82, 2.24) is 5.32 Å². The van der Waals surface area contributed by atoms with Gasteiger partial charge in [0.25, 0.3) is 0 Å². The molecule has 0 aliphatic carbocycles. The van der Waals surface area contributed by atoms with Crippen LogP contribution in [0.5, 0.6) is 0 Å². The van der Waals surface area contributed by atoms with Crippen LogP contribution in [-0.2, 0) is 6.54 Å². The van der Waals surface area contributed by atoms with Crippen LogP contribution in [0, 0.1) is 11.3 Å². The van der Waals surface area contributed by atoms with E-state index in [1.807, 2.05) is 0 Å². The van der Waals surface area contributed by atoms with Crippen molar-refractivity contribution in [2.45, 2.75) is 34.2 Å². The van der Waals surface area contributed by atoms with Gasteiger partial charge >= 0.3 is 0 Å². The van der Waals surface area contributed by atoms with Crippen LogP contribution in [0.2, 0.25) is 0 Å². The van der Waals surface area contributed by atoms with Crippen LogP contribution in [0.15, 0.2) is 24.3 Å². The Labute approximate surface area is 111 Å². The molecule has 1 saturated heterocycles. The quantitative estimate of drug-likeness (QED) is 0.877. The van der Waals surface area contributed by atoms with Crippen molar-refractivity contribution in [2.24, 2.45) is 11.3 Å². The molecule has 2 rings (SSSR count).